The topological polar surface area (TPSA) is 75.6 Å². The molecular weight excluding hydrogens is 400 g/mol. The van der Waals surface area contributed by atoms with Gasteiger partial charge in [0.1, 0.15) is 5.82 Å². The van der Waals surface area contributed by atoms with Crippen molar-refractivity contribution in [3.05, 3.63) is 53.7 Å². The Hall–Kier alpha value is -3.00. The van der Waals surface area contributed by atoms with E-state index in [-0.39, 0.29) is 24.9 Å². The number of benzene rings is 1. The Bertz CT molecular complexity index is 967. The normalized spacial score (nSPS) is 14.1. The number of amides is 1. The molecule has 30 heavy (non-hydrogen) atoms. The van der Waals surface area contributed by atoms with E-state index >= 15 is 0 Å². The number of piperazine rings is 1. The lowest BCUT2D eigenvalue weighted by atomic mass is 10.2. The molecule has 1 amide bonds. The maximum atomic E-state index is 12.3. The lowest BCUT2D eigenvalue weighted by molar-refractivity contribution is -0.152. The summed E-state index contributed by atoms with van der Waals surface area (Å²) in [5.74, 6) is 0.441. The van der Waals surface area contributed by atoms with Gasteiger partial charge in [-0.15, -0.1) is 11.3 Å². The monoisotopic (exact) mass is 424 g/mol. The SMILES string of the molecule is O=C(CCCc1nc2ccccc2s1)OCC(=O)N1CCN(c2ccccn2)CC1. The van der Waals surface area contributed by atoms with Gasteiger partial charge in [0.05, 0.1) is 15.2 Å². The zero-order chi connectivity index (χ0) is 20.8. The quantitative estimate of drug-likeness (QED) is 0.543. The first kappa shape index (κ1) is 20.3. The number of ether oxygens (including phenoxy) is 1. The summed E-state index contributed by atoms with van der Waals surface area (Å²) in [6.45, 7) is 2.45. The Balaban J connectivity index is 1.15. The fraction of sp³-hybridized carbons (Fsp3) is 0.364. The van der Waals surface area contributed by atoms with Gasteiger partial charge in [0, 0.05) is 38.8 Å². The van der Waals surface area contributed by atoms with Crippen LogP contribution in [-0.4, -0.2) is 59.5 Å². The van der Waals surface area contributed by atoms with Crippen molar-refractivity contribution in [3.8, 4) is 0 Å². The second-order valence-corrected chi connectivity index (χ2v) is 8.26. The maximum Gasteiger partial charge on any atom is 0.306 e. The van der Waals surface area contributed by atoms with E-state index in [9.17, 15) is 9.59 Å². The van der Waals surface area contributed by atoms with Gasteiger partial charge in [-0.1, -0.05) is 18.2 Å². The third-order valence-electron chi connectivity index (χ3n) is 5.07. The predicted octanol–water partition coefficient (Wildman–Crippen LogP) is 2.91. The number of anilines is 1. The Labute approximate surface area is 179 Å². The molecule has 7 nitrogen and oxygen atoms in total. The Morgan fingerprint density at radius 1 is 1.03 bits per heavy atom. The van der Waals surface area contributed by atoms with Crippen LogP contribution in [0.4, 0.5) is 5.82 Å². The molecule has 3 heterocycles. The van der Waals surface area contributed by atoms with Gasteiger partial charge < -0.3 is 14.5 Å². The number of aromatic nitrogens is 2. The number of hydrogen-bond acceptors (Lipinski definition) is 7. The first-order valence-corrected chi connectivity index (χ1v) is 10.9. The number of rotatable bonds is 7. The molecule has 1 fully saturated rings. The van der Waals surface area contributed by atoms with E-state index in [2.05, 4.69) is 14.9 Å². The summed E-state index contributed by atoms with van der Waals surface area (Å²) in [6.07, 6.45) is 3.45. The minimum atomic E-state index is -0.336. The molecule has 0 aliphatic carbocycles. The molecule has 0 unspecified atom stereocenters. The fourth-order valence-electron chi connectivity index (χ4n) is 3.44. The van der Waals surface area contributed by atoms with Gasteiger partial charge in [0.2, 0.25) is 0 Å². The van der Waals surface area contributed by atoms with Crippen molar-refractivity contribution >= 4 is 39.2 Å². The molecule has 0 spiro atoms. The van der Waals surface area contributed by atoms with E-state index in [4.69, 9.17) is 4.74 Å². The Morgan fingerprint density at radius 2 is 1.83 bits per heavy atom. The molecule has 4 rings (SSSR count). The Kier molecular flexibility index (Phi) is 6.53. The number of nitrogens with zero attached hydrogens (tertiary/aromatic N) is 4. The largest absolute Gasteiger partial charge is 0.456 e. The highest BCUT2D eigenvalue weighted by molar-refractivity contribution is 7.18. The highest BCUT2D eigenvalue weighted by atomic mass is 32.1. The van der Waals surface area contributed by atoms with Crippen molar-refractivity contribution < 1.29 is 14.3 Å². The van der Waals surface area contributed by atoms with E-state index in [1.54, 1.807) is 22.4 Å². The summed E-state index contributed by atoms with van der Waals surface area (Å²) in [4.78, 5) is 37.2. The molecule has 156 valence electrons. The van der Waals surface area contributed by atoms with Crippen LogP contribution in [0.15, 0.2) is 48.7 Å². The molecule has 0 atom stereocenters. The number of carbonyl (C=O) groups excluding carboxylic acids is 2. The molecule has 0 N–H and O–H groups in total. The zero-order valence-corrected chi connectivity index (χ0v) is 17.5. The first-order chi connectivity index (χ1) is 14.7. The van der Waals surface area contributed by atoms with E-state index in [1.165, 1.54) is 0 Å². The highest BCUT2D eigenvalue weighted by Gasteiger charge is 2.22. The Morgan fingerprint density at radius 3 is 2.60 bits per heavy atom. The number of pyridine rings is 1. The number of hydrogen-bond donors (Lipinski definition) is 0. The average Bonchev–Trinajstić information content (AvgIpc) is 3.21. The van der Waals surface area contributed by atoms with Crippen LogP contribution in [-0.2, 0) is 20.7 Å². The van der Waals surface area contributed by atoms with Crippen molar-refractivity contribution in [1.82, 2.24) is 14.9 Å². The zero-order valence-electron chi connectivity index (χ0n) is 16.7. The van der Waals surface area contributed by atoms with Crippen LogP contribution < -0.4 is 4.90 Å². The molecule has 0 saturated carbocycles. The summed E-state index contributed by atoms with van der Waals surface area (Å²) in [5.41, 5.74) is 0.994. The summed E-state index contributed by atoms with van der Waals surface area (Å²) < 4.78 is 6.35. The lowest BCUT2D eigenvalue weighted by Crippen LogP contribution is -2.50. The molecule has 2 aromatic heterocycles. The van der Waals surface area contributed by atoms with Crippen LogP contribution in [0.2, 0.25) is 0 Å². The van der Waals surface area contributed by atoms with Crippen molar-refractivity contribution in [3.63, 3.8) is 0 Å². The average molecular weight is 425 g/mol. The van der Waals surface area contributed by atoms with Gasteiger partial charge in [-0.2, -0.15) is 0 Å². The maximum absolute atomic E-state index is 12.3. The number of para-hydroxylation sites is 1. The summed E-state index contributed by atoms with van der Waals surface area (Å²) in [5, 5.41) is 1.02. The lowest BCUT2D eigenvalue weighted by Gasteiger charge is -2.35. The van der Waals surface area contributed by atoms with Crippen molar-refractivity contribution in [2.75, 3.05) is 37.7 Å². The van der Waals surface area contributed by atoms with Crippen molar-refractivity contribution in [1.29, 1.82) is 0 Å². The smallest absolute Gasteiger partial charge is 0.306 e. The number of esters is 1. The van der Waals surface area contributed by atoms with E-state index < -0.39 is 0 Å². The second-order valence-electron chi connectivity index (χ2n) is 7.15. The third kappa shape index (κ3) is 5.13. The van der Waals surface area contributed by atoms with Crippen LogP contribution >= 0.6 is 11.3 Å². The molecule has 1 aromatic carbocycles. The molecule has 0 radical (unpaired) electrons. The van der Waals surface area contributed by atoms with Gasteiger partial charge in [-0.25, -0.2) is 9.97 Å². The van der Waals surface area contributed by atoms with Gasteiger partial charge in [-0.3, -0.25) is 9.59 Å². The van der Waals surface area contributed by atoms with Crippen molar-refractivity contribution in [2.45, 2.75) is 19.3 Å². The van der Waals surface area contributed by atoms with Crippen LogP contribution in [0.5, 0.6) is 0 Å². The van der Waals surface area contributed by atoms with E-state index in [1.807, 2.05) is 42.5 Å². The van der Waals surface area contributed by atoms with Gasteiger partial charge in [-0.05, 0) is 37.1 Å². The molecule has 0 bridgehead atoms. The molecule has 8 heteroatoms. The minimum Gasteiger partial charge on any atom is -0.456 e. The molecular formula is C22H24N4O3S. The van der Waals surface area contributed by atoms with Crippen LogP contribution in [0, 0.1) is 0 Å². The summed E-state index contributed by atoms with van der Waals surface area (Å²) in [6, 6.07) is 13.8. The van der Waals surface area contributed by atoms with Crippen LogP contribution in [0.25, 0.3) is 10.2 Å². The minimum absolute atomic E-state index is 0.143. The molecule has 3 aromatic rings. The van der Waals surface area contributed by atoms with Crippen molar-refractivity contribution in [2.24, 2.45) is 0 Å². The predicted molar refractivity (Wildman–Crippen MR) is 117 cm³/mol. The third-order valence-corrected chi connectivity index (χ3v) is 6.17. The number of aryl methyl sites for hydroxylation is 1. The summed E-state index contributed by atoms with van der Waals surface area (Å²) >= 11 is 1.65. The molecule has 1 saturated heterocycles. The second kappa shape index (κ2) is 9.67. The molecule has 1 aliphatic rings. The molecule has 1 aliphatic heterocycles. The summed E-state index contributed by atoms with van der Waals surface area (Å²) in [7, 11) is 0. The fourth-order valence-corrected chi connectivity index (χ4v) is 4.45. The van der Waals surface area contributed by atoms with E-state index in [0.717, 1.165) is 40.6 Å². The van der Waals surface area contributed by atoms with Gasteiger partial charge >= 0.3 is 5.97 Å². The van der Waals surface area contributed by atoms with Gasteiger partial charge in [0.15, 0.2) is 6.61 Å². The van der Waals surface area contributed by atoms with Crippen LogP contribution in [0.3, 0.4) is 0 Å². The number of fused-ring (bicyclic) bond motifs is 1. The number of carbonyl (C=O) groups is 2. The standard InChI is InChI=1S/C22H24N4O3S/c27-21(26-14-12-25(13-15-26)19-8-3-4-11-23-19)16-29-22(28)10-5-9-20-24-17-6-1-2-7-18(17)30-20/h1-4,6-8,11H,5,9-10,12-16H2. The van der Waals surface area contributed by atoms with Gasteiger partial charge in [0.25, 0.3) is 5.91 Å². The van der Waals surface area contributed by atoms with E-state index in [0.29, 0.717) is 19.5 Å². The van der Waals surface area contributed by atoms with Crippen LogP contribution in [0.1, 0.15) is 17.8 Å². The number of thiazole rings is 1. The first-order valence-electron chi connectivity index (χ1n) is 10.1. The highest BCUT2D eigenvalue weighted by Crippen LogP contribution is 2.22.